The first-order chi connectivity index (χ1) is 9.74. The molecule has 0 bridgehead atoms. The Morgan fingerprint density at radius 2 is 2.00 bits per heavy atom. The van der Waals surface area contributed by atoms with Gasteiger partial charge in [-0.05, 0) is 30.2 Å². The number of aromatic nitrogens is 3. The van der Waals surface area contributed by atoms with E-state index >= 15 is 0 Å². The third kappa shape index (κ3) is 2.40. The molecule has 0 fully saturated rings. The SMILES string of the molecule is Cc1ccccc1Cn1cc(N)c(-c2cccnc2)n1. The van der Waals surface area contributed by atoms with E-state index < -0.39 is 0 Å². The molecule has 0 unspecified atom stereocenters. The first kappa shape index (κ1) is 12.4. The van der Waals surface area contributed by atoms with E-state index in [-0.39, 0.29) is 0 Å². The second kappa shape index (κ2) is 5.17. The van der Waals surface area contributed by atoms with Gasteiger partial charge in [0.05, 0.1) is 12.2 Å². The van der Waals surface area contributed by atoms with Gasteiger partial charge in [-0.15, -0.1) is 0 Å². The third-order valence-electron chi connectivity index (χ3n) is 3.32. The number of hydrogen-bond acceptors (Lipinski definition) is 3. The largest absolute Gasteiger partial charge is 0.396 e. The van der Waals surface area contributed by atoms with Crippen molar-refractivity contribution in [3.05, 3.63) is 66.1 Å². The first-order valence-corrected chi connectivity index (χ1v) is 6.52. The maximum absolute atomic E-state index is 6.05. The van der Waals surface area contributed by atoms with Gasteiger partial charge in [0.25, 0.3) is 0 Å². The lowest BCUT2D eigenvalue weighted by atomic mass is 10.1. The van der Waals surface area contributed by atoms with Crippen LogP contribution in [0.25, 0.3) is 11.3 Å². The lowest BCUT2D eigenvalue weighted by Crippen LogP contribution is -2.02. The topological polar surface area (TPSA) is 56.7 Å². The number of aryl methyl sites for hydroxylation is 1. The van der Waals surface area contributed by atoms with Gasteiger partial charge in [-0.3, -0.25) is 9.67 Å². The molecule has 2 N–H and O–H groups in total. The summed E-state index contributed by atoms with van der Waals surface area (Å²) in [6.45, 7) is 2.82. The molecule has 4 heteroatoms. The molecule has 3 rings (SSSR count). The molecule has 0 saturated carbocycles. The number of nitrogens with two attached hydrogens (primary N) is 1. The maximum atomic E-state index is 6.05. The minimum Gasteiger partial charge on any atom is -0.396 e. The van der Waals surface area contributed by atoms with Crippen molar-refractivity contribution in [1.29, 1.82) is 0 Å². The average Bonchev–Trinajstić information content (AvgIpc) is 2.83. The van der Waals surface area contributed by atoms with Gasteiger partial charge in [0.1, 0.15) is 5.69 Å². The molecular formula is C16H16N4. The summed E-state index contributed by atoms with van der Waals surface area (Å²) in [7, 11) is 0. The number of nitrogen functional groups attached to an aromatic ring is 1. The molecule has 0 atom stereocenters. The van der Waals surface area contributed by atoms with Crippen molar-refractivity contribution in [3.63, 3.8) is 0 Å². The summed E-state index contributed by atoms with van der Waals surface area (Å²) < 4.78 is 1.88. The van der Waals surface area contributed by atoms with E-state index in [0.29, 0.717) is 5.69 Å². The van der Waals surface area contributed by atoms with Gasteiger partial charge >= 0.3 is 0 Å². The molecule has 0 spiro atoms. The minimum absolute atomic E-state index is 0.673. The average molecular weight is 264 g/mol. The zero-order valence-electron chi connectivity index (χ0n) is 11.3. The predicted octanol–water partition coefficient (Wildman–Crippen LogP) is 2.88. The van der Waals surface area contributed by atoms with E-state index in [0.717, 1.165) is 17.8 Å². The number of nitrogens with zero attached hydrogens (tertiary/aromatic N) is 3. The number of anilines is 1. The van der Waals surface area contributed by atoms with Crippen LogP contribution in [0.4, 0.5) is 5.69 Å². The van der Waals surface area contributed by atoms with Crippen molar-refractivity contribution in [2.24, 2.45) is 0 Å². The molecule has 4 nitrogen and oxygen atoms in total. The van der Waals surface area contributed by atoms with Crippen molar-refractivity contribution < 1.29 is 0 Å². The first-order valence-electron chi connectivity index (χ1n) is 6.52. The number of rotatable bonds is 3. The molecule has 1 aromatic carbocycles. The summed E-state index contributed by atoms with van der Waals surface area (Å²) in [5.74, 6) is 0. The predicted molar refractivity (Wildman–Crippen MR) is 80.2 cm³/mol. The highest BCUT2D eigenvalue weighted by atomic mass is 15.3. The Morgan fingerprint density at radius 1 is 1.15 bits per heavy atom. The molecule has 0 aliphatic heterocycles. The van der Waals surface area contributed by atoms with Gasteiger partial charge in [-0.1, -0.05) is 24.3 Å². The van der Waals surface area contributed by atoms with Crippen LogP contribution in [-0.2, 0) is 6.54 Å². The van der Waals surface area contributed by atoms with Gasteiger partial charge in [0, 0.05) is 24.2 Å². The van der Waals surface area contributed by atoms with Gasteiger partial charge in [-0.2, -0.15) is 5.10 Å². The van der Waals surface area contributed by atoms with Crippen LogP contribution < -0.4 is 5.73 Å². The lowest BCUT2D eigenvalue weighted by Gasteiger charge is -2.05. The molecule has 0 aliphatic rings. The summed E-state index contributed by atoms with van der Waals surface area (Å²) >= 11 is 0. The van der Waals surface area contributed by atoms with Crippen LogP contribution >= 0.6 is 0 Å². The van der Waals surface area contributed by atoms with Gasteiger partial charge in [0.2, 0.25) is 0 Å². The monoisotopic (exact) mass is 264 g/mol. The van der Waals surface area contributed by atoms with Crippen molar-refractivity contribution in [2.75, 3.05) is 5.73 Å². The Hall–Kier alpha value is -2.62. The highest BCUT2D eigenvalue weighted by molar-refractivity contribution is 5.71. The molecule has 20 heavy (non-hydrogen) atoms. The van der Waals surface area contributed by atoms with Crippen LogP contribution in [0.15, 0.2) is 55.0 Å². The van der Waals surface area contributed by atoms with Gasteiger partial charge < -0.3 is 5.73 Å². The molecule has 2 heterocycles. The van der Waals surface area contributed by atoms with Gasteiger partial charge in [-0.25, -0.2) is 0 Å². The van der Waals surface area contributed by atoms with E-state index in [1.165, 1.54) is 11.1 Å². The highest BCUT2D eigenvalue weighted by Crippen LogP contribution is 2.23. The fourth-order valence-corrected chi connectivity index (χ4v) is 2.21. The van der Waals surface area contributed by atoms with E-state index in [1.54, 1.807) is 12.4 Å². The zero-order chi connectivity index (χ0) is 13.9. The number of benzene rings is 1. The van der Waals surface area contributed by atoms with Crippen molar-refractivity contribution in [1.82, 2.24) is 14.8 Å². The fraction of sp³-hybridized carbons (Fsp3) is 0.125. The van der Waals surface area contributed by atoms with Crippen molar-refractivity contribution in [3.8, 4) is 11.3 Å². The lowest BCUT2D eigenvalue weighted by molar-refractivity contribution is 0.686. The van der Waals surface area contributed by atoms with E-state index in [2.05, 4.69) is 29.1 Å². The normalized spacial score (nSPS) is 10.7. The smallest absolute Gasteiger partial charge is 0.117 e. The van der Waals surface area contributed by atoms with Crippen molar-refractivity contribution >= 4 is 5.69 Å². The Bertz CT molecular complexity index is 716. The van der Waals surface area contributed by atoms with Crippen LogP contribution in [0.1, 0.15) is 11.1 Å². The van der Waals surface area contributed by atoms with E-state index in [9.17, 15) is 0 Å². The molecule has 100 valence electrons. The van der Waals surface area contributed by atoms with Crippen LogP contribution in [0.2, 0.25) is 0 Å². The summed E-state index contributed by atoms with van der Waals surface area (Å²) in [5.41, 5.74) is 10.9. The van der Waals surface area contributed by atoms with E-state index in [4.69, 9.17) is 5.73 Å². The van der Waals surface area contributed by atoms with Crippen LogP contribution in [-0.4, -0.2) is 14.8 Å². The maximum Gasteiger partial charge on any atom is 0.117 e. The summed E-state index contributed by atoms with van der Waals surface area (Å²) in [4.78, 5) is 4.10. The zero-order valence-corrected chi connectivity index (χ0v) is 11.3. The number of pyridine rings is 1. The molecule has 2 aromatic heterocycles. The third-order valence-corrected chi connectivity index (χ3v) is 3.32. The van der Waals surface area contributed by atoms with E-state index in [1.807, 2.05) is 35.1 Å². The second-order valence-corrected chi connectivity index (χ2v) is 4.80. The molecule has 0 aliphatic carbocycles. The molecule has 3 aromatic rings. The molecule has 0 amide bonds. The summed E-state index contributed by atoms with van der Waals surface area (Å²) in [6.07, 6.45) is 5.38. The Kier molecular flexibility index (Phi) is 3.21. The number of hydrogen-bond donors (Lipinski definition) is 1. The Balaban J connectivity index is 1.92. The van der Waals surface area contributed by atoms with Crippen LogP contribution in [0.3, 0.4) is 0 Å². The summed E-state index contributed by atoms with van der Waals surface area (Å²) in [6, 6.07) is 12.1. The van der Waals surface area contributed by atoms with Gasteiger partial charge in [0.15, 0.2) is 0 Å². The Labute approximate surface area is 117 Å². The fourth-order valence-electron chi connectivity index (χ4n) is 2.21. The highest BCUT2D eigenvalue weighted by Gasteiger charge is 2.09. The van der Waals surface area contributed by atoms with Crippen LogP contribution in [0, 0.1) is 6.92 Å². The molecule has 0 saturated heterocycles. The summed E-state index contributed by atoms with van der Waals surface area (Å²) in [5, 5.41) is 4.57. The standard InChI is InChI=1S/C16H16N4/c1-12-5-2-3-6-14(12)10-20-11-15(17)16(19-20)13-7-4-8-18-9-13/h2-9,11H,10,17H2,1H3. The minimum atomic E-state index is 0.673. The van der Waals surface area contributed by atoms with Crippen LogP contribution in [0.5, 0.6) is 0 Å². The second-order valence-electron chi connectivity index (χ2n) is 4.80. The molecular weight excluding hydrogens is 248 g/mol. The molecule has 0 radical (unpaired) electrons. The quantitative estimate of drug-likeness (QED) is 0.791. The Morgan fingerprint density at radius 3 is 2.75 bits per heavy atom. The van der Waals surface area contributed by atoms with Crippen molar-refractivity contribution in [2.45, 2.75) is 13.5 Å².